The van der Waals surface area contributed by atoms with E-state index in [-0.39, 0.29) is 43.2 Å². The topological polar surface area (TPSA) is 88.6 Å². The average molecular weight is 466 g/mol. The van der Waals surface area contributed by atoms with Gasteiger partial charge >= 0.3 is 0 Å². The van der Waals surface area contributed by atoms with E-state index in [9.17, 15) is 22.0 Å². The van der Waals surface area contributed by atoms with E-state index in [4.69, 9.17) is 4.74 Å². The molecule has 0 atom stereocenters. The monoisotopic (exact) mass is 465 g/mol. The van der Waals surface area contributed by atoms with Crippen LogP contribution in [0.25, 0.3) is 10.6 Å². The number of hydrogen-bond acceptors (Lipinski definition) is 6. The van der Waals surface area contributed by atoms with Crippen LogP contribution in [0.4, 0.5) is 14.5 Å². The zero-order valence-corrected chi connectivity index (χ0v) is 17.7. The number of hydrogen-bond donors (Lipinski definition) is 1. The molecule has 7 nitrogen and oxygen atoms in total. The molecule has 0 radical (unpaired) electrons. The standard InChI is InChI=1S/C20H17F2N3O4S2/c21-15-4-2-1-3-14(15)20-24-17(12-30-20)19(26)23-13-5-6-16(22)18(11-13)31(27,28)25-7-9-29-10-8-25/h1-6,11-12H,7-10H2,(H,23,26). The number of halogens is 2. The summed E-state index contributed by atoms with van der Waals surface area (Å²) in [4.78, 5) is 16.2. The Morgan fingerprint density at radius 2 is 1.84 bits per heavy atom. The van der Waals surface area contributed by atoms with Crippen molar-refractivity contribution in [1.82, 2.24) is 9.29 Å². The number of nitrogens with one attached hydrogen (secondary N) is 1. The first kappa shape index (κ1) is 21.5. The summed E-state index contributed by atoms with van der Waals surface area (Å²) in [6, 6.07) is 9.38. The number of carbonyl (C=O) groups excluding carboxylic acids is 1. The molecule has 0 spiro atoms. The van der Waals surface area contributed by atoms with Gasteiger partial charge in [-0.15, -0.1) is 11.3 Å². The first-order valence-electron chi connectivity index (χ1n) is 9.25. The fourth-order valence-electron chi connectivity index (χ4n) is 3.04. The van der Waals surface area contributed by atoms with Gasteiger partial charge in [0, 0.05) is 29.7 Å². The maximum Gasteiger partial charge on any atom is 0.275 e. The van der Waals surface area contributed by atoms with Crippen molar-refractivity contribution in [3.05, 3.63) is 65.2 Å². The molecule has 1 aromatic heterocycles. The Morgan fingerprint density at radius 3 is 2.58 bits per heavy atom. The fraction of sp³-hybridized carbons (Fsp3) is 0.200. The van der Waals surface area contributed by atoms with E-state index in [1.807, 2.05) is 0 Å². The van der Waals surface area contributed by atoms with Crippen molar-refractivity contribution in [1.29, 1.82) is 0 Å². The van der Waals surface area contributed by atoms with Crippen molar-refractivity contribution in [2.75, 3.05) is 31.6 Å². The second-order valence-corrected chi connectivity index (χ2v) is 9.40. The number of thiazole rings is 1. The number of ether oxygens (including phenoxy) is 1. The highest BCUT2D eigenvalue weighted by atomic mass is 32.2. The van der Waals surface area contributed by atoms with Crippen molar-refractivity contribution in [3.63, 3.8) is 0 Å². The summed E-state index contributed by atoms with van der Waals surface area (Å²) >= 11 is 1.10. The van der Waals surface area contributed by atoms with E-state index >= 15 is 0 Å². The second-order valence-electron chi connectivity index (χ2n) is 6.63. The molecule has 0 saturated carbocycles. The summed E-state index contributed by atoms with van der Waals surface area (Å²) in [7, 11) is -4.08. The number of anilines is 1. The van der Waals surface area contributed by atoms with Gasteiger partial charge in [-0.3, -0.25) is 4.79 Å². The lowest BCUT2D eigenvalue weighted by molar-refractivity contribution is 0.0729. The van der Waals surface area contributed by atoms with Crippen molar-refractivity contribution >= 4 is 33.0 Å². The second kappa shape index (κ2) is 8.79. The Labute approximate surface area is 181 Å². The third kappa shape index (κ3) is 4.49. The predicted molar refractivity (Wildman–Crippen MR) is 111 cm³/mol. The third-order valence-electron chi connectivity index (χ3n) is 4.62. The van der Waals surface area contributed by atoms with Gasteiger partial charge in [-0.05, 0) is 30.3 Å². The zero-order valence-electron chi connectivity index (χ0n) is 16.0. The first-order valence-corrected chi connectivity index (χ1v) is 11.6. The molecule has 0 unspecified atom stereocenters. The van der Waals surface area contributed by atoms with Gasteiger partial charge < -0.3 is 10.1 Å². The van der Waals surface area contributed by atoms with Crippen LogP contribution < -0.4 is 5.32 Å². The Morgan fingerprint density at radius 1 is 1.10 bits per heavy atom. The van der Waals surface area contributed by atoms with Gasteiger partial charge in [-0.25, -0.2) is 22.2 Å². The third-order valence-corrected chi connectivity index (χ3v) is 7.41. The van der Waals surface area contributed by atoms with E-state index in [1.54, 1.807) is 18.2 Å². The Bertz CT molecular complexity index is 1220. The highest BCUT2D eigenvalue weighted by Gasteiger charge is 2.29. The molecule has 1 aliphatic rings. The maximum atomic E-state index is 14.3. The van der Waals surface area contributed by atoms with Crippen molar-refractivity contribution in [2.45, 2.75) is 4.90 Å². The van der Waals surface area contributed by atoms with Crippen molar-refractivity contribution < 1.29 is 26.7 Å². The van der Waals surface area contributed by atoms with E-state index in [2.05, 4.69) is 10.3 Å². The number of benzene rings is 2. The number of aromatic nitrogens is 1. The largest absolute Gasteiger partial charge is 0.379 e. The van der Waals surface area contributed by atoms with Gasteiger partial charge in [0.25, 0.3) is 5.91 Å². The molecule has 1 fully saturated rings. The molecule has 2 aromatic carbocycles. The number of morpholine rings is 1. The highest BCUT2D eigenvalue weighted by molar-refractivity contribution is 7.89. The predicted octanol–water partition coefficient (Wildman–Crippen LogP) is 3.36. The number of sulfonamides is 1. The quantitative estimate of drug-likeness (QED) is 0.624. The lowest BCUT2D eigenvalue weighted by atomic mass is 10.2. The van der Waals surface area contributed by atoms with E-state index in [0.717, 1.165) is 27.8 Å². The zero-order chi connectivity index (χ0) is 22.0. The molecule has 11 heteroatoms. The molecule has 2 heterocycles. The van der Waals surface area contributed by atoms with Gasteiger partial charge in [-0.2, -0.15) is 4.31 Å². The maximum absolute atomic E-state index is 14.3. The Hall–Kier alpha value is -2.73. The van der Waals surface area contributed by atoms with Crippen LogP contribution >= 0.6 is 11.3 Å². The normalized spacial score (nSPS) is 15.0. The first-order chi connectivity index (χ1) is 14.9. The SMILES string of the molecule is O=C(Nc1ccc(F)c(S(=O)(=O)N2CCOCC2)c1)c1csc(-c2ccccc2F)n1. The summed E-state index contributed by atoms with van der Waals surface area (Å²) in [6.07, 6.45) is 0. The van der Waals surface area contributed by atoms with Crippen LogP contribution in [-0.4, -0.2) is 49.9 Å². The van der Waals surface area contributed by atoms with E-state index in [1.165, 1.54) is 17.5 Å². The summed E-state index contributed by atoms with van der Waals surface area (Å²) in [6.45, 7) is 0.697. The minimum atomic E-state index is -4.08. The van der Waals surface area contributed by atoms with Crippen LogP contribution in [-0.2, 0) is 14.8 Å². The molecule has 162 valence electrons. The molecule has 1 amide bonds. The number of nitrogens with zero attached hydrogens (tertiary/aromatic N) is 2. The Balaban J connectivity index is 1.56. The van der Waals surface area contributed by atoms with Gasteiger partial charge in [0.1, 0.15) is 27.2 Å². The van der Waals surface area contributed by atoms with Crippen LogP contribution in [0, 0.1) is 11.6 Å². The van der Waals surface area contributed by atoms with Gasteiger partial charge in [0.15, 0.2) is 0 Å². The average Bonchev–Trinajstić information content (AvgIpc) is 3.26. The fourth-order valence-corrected chi connectivity index (χ4v) is 5.36. The van der Waals surface area contributed by atoms with Gasteiger partial charge in [0.2, 0.25) is 10.0 Å². The molecule has 0 aliphatic carbocycles. The van der Waals surface area contributed by atoms with Crippen molar-refractivity contribution in [3.8, 4) is 10.6 Å². The minimum Gasteiger partial charge on any atom is -0.379 e. The number of rotatable bonds is 5. The van der Waals surface area contributed by atoms with Crippen LogP contribution in [0.2, 0.25) is 0 Å². The lowest BCUT2D eigenvalue weighted by Gasteiger charge is -2.26. The van der Waals surface area contributed by atoms with Crippen molar-refractivity contribution in [2.24, 2.45) is 0 Å². The van der Waals surface area contributed by atoms with Gasteiger partial charge in [0.05, 0.1) is 13.2 Å². The molecular weight excluding hydrogens is 448 g/mol. The minimum absolute atomic E-state index is 0.0326. The molecule has 1 saturated heterocycles. The molecule has 0 bridgehead atoms. The molecule has 4 rings (SSSR count). The smallest absolute Gasteiger partial charge is 0.275 e. The summed E-state index contributed by atoms with van der Waals surface area (Å²) in [5, 5.41) is 4.31. The number of amides is 1. The molecule has 31 heavy (non-hydrogen) atoms. The van der Waals surface area contributed by atoms with Crippen LogP contribution in [0.1, 0.15) is 10.5 Å². The molecular formula is C20H17F2N3O4S2. The van der Waals surface area contributed by atoms with Crippen LogP contribution in [0.3, 0.4) is 0 Å². The van der Waals surface area contributed by atoms with E-state index < -0.39 is 32.5 Å². The lowest BCUT2D eigenvalue weighted by Crippen LogP contribution is -2.40. The highest BCUT2D eigenvalue weighted by Crippen LogP contribution is 2.27. The Kier molecular flexibility index (Phi) is 6.10. The number of carbonyl (C=O) groups is 1. The molecule has 1 N–H and O–H groups in total. The summed E-state index contributed by atoms with van der Waals surface area (Å²) in [5.41, 5.74) is 0.399. The molecule has 3 aromatic rings. The van der Waals surface area contributed by atoms with Gasteiger partial charge in [-0.1, -0.05) is 12.1 Å². The molecule has 1 aliphatic heterocycles. The summed E-state index contributed by atoms with van der Waals surface area (Å²) in [5.74, 6) is -2.00. The van der Waals surface area contributed by atoms with Crippen LogP contribution in [0.5, 0.6) is 0 Å². The summed E-state index contributed by atoms with van der Waals surface area (Å²) < 4.78 is 60.1. The van der Waals surface area contributed by atoms with Crippen LogP contribution in [0.15, 0.2) is 52.7 Å². The van der Waals surface area contributed by atoms with E-state index in [0.29, 0.717) is 5.01 Å².